The average Bonchev–Trinajstić information content (AvgIpc) is 2.44. The third-order valence-electron chi connectivity index (χ3n) is 2.88. The van der Waals surface area contributed by atoms with Crippen molar-refractivity contribution >= 4 is 33.4 Å². The van der Waals surface area contributed by atoms with Crippen LogP contribution in [0.3, 0.4) is 0 Å². The molecule has 1 N–H and O–H groups in total. The van der Waals surface area contributed by atoms with Crippen LogP contribution in [0.15, 0.2) is 41.0 Å². The van der Waals surface area contributed by atoms with Gasteiger partial charge in [0.05, 0.1) is 5.56 Å². The Hall–Kier alpha value is -1.46. The highest BCUT2D eigenvalue weighted by atomic mass is 79.9. The Labute approximate surface area is 135 Å². The average molecular weight is 372 g/mol. The second-order valence-corrected chi connectivity index (χ2v) is 5.97. The van der Waals surface area contributed by atoms with E-state index in [0.29, 0.717) is 16.5 Å². The summed E-state index contributed by atoms with van der Waals surface area (Å²) in [4.78, 5) is 16.1. The zero-order chi connectivity index (χ0) is 15.4. The van der Waals surface area contributed by atoms with Crippen LogP contribution in [0.1, 0.15) is 22.8 Å². The first-order valence-electron chi connectivity index (χ1n) is 6.32. The van der Waals surface area contributed by atoms with Gasteiger partial charge in [0, 0.05) is 16.7 Å². The van der Waals surface area contributed by atoms with Gasteiger partial charge in [0.1, 0.15) is 11.0 Å². The molecule has 0 saturated heterocycles. The van der Waals surface area contributed by atoms with Crippen molar-refractivity contribution in [2.24, 2.45) is 0 Å². The molecule has 0 spiro atoms. The smallest absolute Gasteiger partial charge is 0.254 e. The number of nitrogens with one attached hydrogen (secondary N) is 1. The second kappa shape index (κ2) is 7.00. The summed E-state index contributed by atoms with van der Waals surface area (Å²) >= 11 is 9.17. The highest BCUT2D eigenvalue weighted by Gasteiger charge is 2.14. The largest absolute Gasteiger partial charge is 0.349 e. The Morgan fingerprint density at radius 2 is 2.10 bits per heavy atom. The maximum atomic E-state index is 12.8. The standard InChI is InChI=1S/C15H13BrClFN2O/c1-9(6-10-2-4-12(18)5-3-10)20-15(21)13-7-11(16)8-19-14(13)17/h2-5,7-9H,6H2,1H3,(H,20,21). The van der Waals surface area contributed by atoms with Crippen LogP contribution in [0.4, 0.5) is 4.39 Å². The molecule has 1 unspecified atom stereocenters. The topological polar surface area (TPSA) is 42.0 Å². The SMILES string of the molecule is CC(Cc1ccc(F)cc1)NC(=O)c1cc(Br)cnc1Cl. The summed E-state index contributed by atoms with van der Waals surface area (Å²) in [7, 11) is 0. The molecule has 0 aliphatic rings. The molecule has 1 atom stereocenters. The summed E-state index contributed by atoms with van der Waals surface area (Å²) in [6.45, 7) is 1.88. The number of rotatable bonds is 4. The van der Waals surface area contributed by atoms with Crippen LogP contribution < -0.4 is 5.32 Å². The van der Waals surface area contributed by atoms with E-state index in [2.05, 4.69) is 26.2 Å². The Morgan fingerprint density at radius 1 is 1.43 bits per heavy atom. The number of halogens is 3. The van der Waals surface area contributed by atoms with Gasteiger partial charge in [0.2, 0.25) is 0 Å². The van der Waals surface area contributed by atoms with Crippen LogP contribution in [-0.2, 0) is 6.42 Å². The molecule has 0 aliphatic carbocycles. The lowest BCUT2D eigenvalue weighted by Crippen LogP contribution is -2.34. The van der Waals surface area contributed by atoms with Crippen molar-refractivity contribution < 1.29 is 9.18 Å². The van der Waals surface area contributed by atoms with E-state index in [-0.39, 0.29) is 22.9 Å². The maximum absolute atomic E-state index is 12.8. The van der Waals surface area contributed by atoms with Crippen LogP contribution in [0, 0.1) is 5.82 Å². The molecule has 1 aromatic carbocycles. The van der Waals surface area contributed by atoms with E-state index in [1.165, 1.54) is 18.3 Å². The van der Waals surface area contributed by atoms with Gasteiger partial charge >= 0.3 is 0 Å². The molecule has 1 amide bonds. The van der Waals surface area contributed by atoms with Crippen LogP contribution in [-0.4, -0.2) is 16.9 Å². The third-order valence-corrected chi connectivity index (χ3v) is 3.62. The molecule has 0 fully saturated rings. The van der Waals surface area contributed by atoms with Crippen LogP contribution in [0.2, 0.25) is 5.15 Å². The van der Waals surface area contributed by atoms with Crippen molar-refractivity contribution in [2.75, 3.05) is 0 Å². The van der Waals surface area contributed by atoms with Crippen molar-refractivity contribution in [3.8, 4) is 0 Å². The second-order valence-electron chi connectivity index (χ2n) is 4.70. The number of hydrogen-bond acceptors (Lipinski definition) is 2. The van der Waals surface area contributed by atoms with Gasteiger partial charge in [-0.3, -0.25) is 4.79 Å². The lowest BCUT2D eigenvalue weighted by atomic mass is 10.1. The van der Waals surface area contributed by atoms with Crippen molar-refractivity contribution in [3.05, 3.63) is 63.1 Å². The van der Waals surface area contributed by atoms with Gasteiger partial charge in [-0.1, -0.05) is 23.7 Å². The number of carbonyl (C=O) groups is 1. The quantitative estimate of drug-likeness (QED) is 0.826. The predicted molar refractivity (Wildman–Crippen MR) is 84.0 cm³/mol. The fourth-order valence-electron chi connectivity index (χ4n) is 1.91. The Morgan fingerprint density at radius 3 is 2.76 bits per heavy atom. The zero-order valence-corrected chi connectivity index (χ0v) is 13.6. The molecule has 1 aromatic heterocycles. The van der Waals surface area contributed by atoms with Crippen molar-refractivity contribution in [1.29, 1.82) is 0 Å². The van der Waals surface area contributed by atoms with Gasteiger partial charge in [0.25, 0.3) is 5.91 Å². The first-order chi connectivity index (χ1) is 9.95. The Balaban J connectivity index is 2.01. The van der Waals surface area contributed by atoms with E-state index in [9.17, 15) is 9.18 Å². The molecule has 2 rings (SSSR count). The minimum absolute atomic E-state index is 0.113. The lowest BCUT2D eigenvalue weighted by molar-refractivity contribution is 0.0940. The number of aromatic nitrogens is 1. The molecule has 1 heterocycles. The number of nitrogens with zero attached hydrogens (tertiary/aromatic N) is 1. The Kier molecular flexibility index (Phi) is 5.31. The van der Waals surface area contributed by atoms with Gasteiger partial charge in [-0.05, 0) is 53.0 Å². The number of benzene rings is 1. The number of hydrogen-bond donors (Lipinski definition) is 1. The molecule has 0 radical (unpaired) electrons. The minimum Gasteiger partial charge on any atom is -0.349 e. The summed E-state index contributed by atoms with van der Waals surface area (Å²) in [5, 5.41) is 3.01. The summed E-state index contributed by atoms with van der Waals surface area (Å²) in [5.41, 5.74) is 1.26. The fourth-order valence-corrected chi connectivity index (χ4v) is 2.43. The van der Waals surface area contributed by atoms with Gasteiger partial charge in [0.15, 0.2) is 0 Å². The van der Waals surface area contributed by atoms with Crippen molar-refractivity contribution in [1.82, 2.24) is 10.3 Å². The van der Waals surface area contributed by atoms with E-state index in [1.54, 1.807) is 18.2 Å². The highest BCUT2D eigenvalue weighted by Crippen LogP contribution is 2.18. The maximum Gasteiger partial charge on any atom is 0.254 e. The van der Waals surface area contributed by atoms with E-state index in [0.717, 1.165) is 5.56 Å². The number of carbonyl (C=O) groups excluding carboxylic acids is 1. The molecular weight excluding hydrogens is 359 g/mol. The van der Waals surface area contributed by atoms with Gasteiger partial charge < -0.3 is 5.32 Å². The van der Waals surface area contributed by atoms with E-state index < -0.39 is 0 Å². The van der Waals surface area contributed by atoms with E-state index in [4.69, 9.17) is 11.6 Å². The Bertz CT molecular complexity index is 649. The summed E-state index contributed by atoms with van der Waals surface area (Å²) in [6, 6.07) is 7.71. The zero-order valence-electron chi connectivity index (χ0n) is 11.2. The van der Waals surface area contributed by atoms with Crippen LogP contribution in [0.25, 0.3) is 0 Å². The van der Waals surface area contributed by atoms with Gasteiger partial charge in [-0.15, -0.1) is 0 Å². The fraction of sp³-hybridized carbons (Fsp3) is 0.200. The van der Waals surface area contributed by atoms with Crippen molar-refractivity contribution in [2.45, 2.75) is 19.4 Å². The number of pyridine rings is 1. The molecular formula is C15H13BrClFN2O. The lowest BCUT2D eigenvalue weighted by Gasteiger charge is -2.14. The third kappa shape index (κ3) is 4.51. The molecule has 0 aliphatic heterocycles. The first-order valence-corrected chi connectivity index (χ1v) is 7.49. The summed E-state index contributed by atoms with van der Waals surface area (Å²) < 4.78 is 13.5. The molecule has 3 nitrogen and oxygen atoms in total. The van der Waals surface area contributed by atoms with Crippen LogP contribution >= 0.6 is 27.5 Å². The van der Waals surface area contributed by atoms with Crippen molar-refractivity contribution in [3.63, 3.8) is 0 Å². The molecule has 21 heavy (non-hydrogen) atoms. The number of amides is 1. The predicted octanol–water partition coefficient (Wildman–Crippen LogP) is 4.00. The summed E-state index contributed by atoms with van der Waals surface area (Å²) in [6.07, 6.45) is 2.13. The molecule has 110 valence electrons. The normalized spacial score (nSPS) is 12.0. The highest BCUT2D eigenvalue weighted by molar-refractivity contribution is 9.10. The molecule has 6 heteroatoms. The molecule has 0 bridgehead atoms. The van der Waals surface area contributed by atoms with Gasteiger partial charge in [-0.2, -0.15) is 0 Å². The molecule has 0 saturated carbocycles. The molecule has 2 aromatic rings. The van der Waals surface area contributed by atoms with Gasteiger partial charge in [-0.25, -0.2) is 9.37 Å². The monoisotopic (exact) mass is 370 g/mol. The van der Waals surface area contributed by atoms with E-state index >= 15 is 0 Å². The first kappa shape index (κ1) is 15.9. The van der Waals surface area contributed by atoms with Crippen LogP contribution in [0.5, 0.6) is 0 Å². The summed E-state index contributed by atoms with van der Waals surface area (Å²) in [5.74, 6) is -0.564. The van der Waals surface area contributed by atoms with E-state index in [1.807, 2.05) is 6.92 Å². The minimum atomic E-state index is -0.289.